The fourth-order valence-corrected chi connectivity index (χ4v) is 3.16. The quantitative estimate of drug-likeness (QED) is 0.874. The van der Waals surface area contributed by atoms with Crippen molar-refractivity contribution in [3.05, 3.63) is 29.8 Å². The van der Waals surface area contributed by atoms with E-state index in [0.717, 1.165) is 37.9 Å². The van der Waals surface area contributed by atoms with Crippen molar-refractivity contribution in [2.75, 3.05) is 13.1 Å². The lowest BCUT2D eigenvalue weighted by Gasteiger charge is -2.27. The summed E-state index contributed by atoms with van der Waals surface area (Å²) in [5.41, 5.74) is 7.35. The molecule has 1 heterocycles. The van der Waals surface area contributed by atoms with E-state index in [2.05, 4.69) is 13.8 Å². The molecule has 1 aliphatic rings. The van der Waals surface area contributed by atoms with Crippen LogP contribution in [-0.2, 0) is 11.2 Å². The van der Waals surface area contributed by atoms with Crippen molar-refractivity contribution in [3.8, 4) is 5.75 Å². The smallest absolute Gasteiger partial charge is 0.239 e. The number of carbonyl (C=O) groups excluding carboxylic acids is 1. The SMILES string of the molecule is CCC1(CC)CCN(C(=O)[C@@H](N)Cc2ccc(O)cc2)C1. The number of carbonyl (C=O) groups is 1. The molecule has 1 aliphatic heterocycles. The molecule has 1 atom stereocenters. The van der Waals surface area contributed by atoms with Crippen LogP contribution in [-0.4, -0.2) is 35.0 Å². The Morgan fingerprint density at radius 2 is 1.95 bits per heavy atom. The first-order valence-electron chi connectivity index (χ1n) is 7.82. The zero-order chi connectivity index (χ0) is 15.5. The second kappa shape index (κ2) is 6.48. The molecule has 21 heavy (non-hydrogen) atoms. The fraction of sp³-hybridized carbons (Fsp3) is 0.588. The zero-order valence-corrected chi connectivity index (χ0v) is 13.0. The topological polar surface area (TPSA) is 66.6 Å². The average Bonchev–Trinajstić information content (AvgIpc) is 2.94. The summed E-state index contributed by atoms with van der Waals surface area (Å²) in [5.74, 6) is 0.278. The summed E-state index contributed by atoms with van der Waals surface area (Å²) in [5, 5.41) is 9.28. The molecule has 0 saturated carbocycles. The largest absolute Gasteiger partial charge is 0.508 e. The Hall–Kier alpha value is -1.55. The summed E-state index contributed by atoms with van der Waals surface area (Å²) in [7, 11) is 0. The van der Waals surface area contributed by atoms with Crippen LogP contribution < -0.4 is 5.73 Å². The highest BCUT2D eigenvalue weighted by Crippen LogP contribution is 2.37. The number of aromatic hydroxyl groups is 1. The highest BCUT2D eigenvalue weighted by atomic mass is 16.3. The minimum absolute atomic E-state index is 0.0480. The third kappa shape index (κ3) is 3.56. The van der Waals surface area contributed by atoms with Gasteiger partial charge in [0.05, 0.1) is 6.04 Å². The third-order valence-electron chi connectivity index (χ3n) is 4.96. The van der Waals surface area contributed by atoms with Gasteiger partial charge in [0.2, 0.25) is 5.91 Å². The number of nitrogens with zero attached hydrogens (tertiary/aromatic N) is 1. The summed E-state index contributed by atoms with van der Waals surface area (Å²) in [4.78, 5) is 14.4. The van der Waals surface area contributed by atoms with Gasteiger partial charge in [0.25, 0.3) is 0 Å². The predicted octanol–water partition coefficient (Wildman–Crippen LogP) is 2.30. The minimum atomic E-state index is -0.501. The van der Waals surface area contributed by atoms with Gasteiger partial charge < -0.3 is 15.7 Å². The van der Waals surface area contributed by atoms with Gasteiger partial charge in [0, 0.05) is 13.1 Å². The average molecular weight is 290 g/mol. The van der Waals surface area contributed by atoms with E-state index in [4.69, 9.17) is 5.73 Å². The molecular formula is C17H26N2O2. The molecule has 0 aliphatic carbocycles. The first-order chi connectivity index (χ1) is 9.99. The van der Waals surface area contributed by atoms with Gasteiger partial charge in [0.1, 0.15) is 5.75 Å². The van der Waals surface area contributed by atoms with E-state index in [1.54, 1.807) is 12.1 Å². The van der Waals surface area contributed by atoms with Gasteiger partial charge in [0.15, 0.2) is 0 Å². The van der Waals surface area contributed by atoms with Crippen LogP contribution in [0.4, 0.5) is 0 Å². The lowest BCUT2D eigenvalue weighted by atomic mass is 9.82. The summed E-state index contributed by atoms with van der Waals surface area (Å²) in [6.45, 7) is 6.06. The number of rotatable bonds is 5. The molecule has 4 nitrogen and oxygen atoms in total. The lowest BCUT2D eigenvalue weighted by Crippen LogP contribution is -2.44. The lowest BCUT2D eigenvalue weighted by molar-refractivity contribution is -0.131. The van der Waals surface area contributed by atoms with Crippen molar-refractivity contribution in [1.29, 1.82) is 0 Å². The van der Waals surface area contributed by atoms with Crippen molar-refractivity contribution in [2.24, 2.45) is 11.1 Å². The van der Waals surface area contributed by atoms with Gasteiger partial charge in [-0.15, -0.1) is 0 Å². The molecule has 2 rings (SSSR count). The monoisotopic (exact) mass is 290 g/mol. The molecule has 0 unspecified atom stereocenters. The van der Waals surface area contributed by atoms with Gasteiger partial charge >= 0.3 is 0 Å². The van der Waals surface area contributed by atoms with Gasteiger partial charge in [-0.25, -0.2) is 0 Å². The standard InChI is InChI=1S/C17H26N2O2/c1-3-17(4-2)9-10-19(12-17)16(21)15(18)11-13-5-7-14(20)8-6-13/h5-8,15,20H,3-4,9-12,18H2,1-2H3/t15-/m0/s1. The molecular weight excluding hydrogens is 264 g/mol. The molecule has 116 valence electrons. The molecule has 1 aromatic carbocycles. The number of phenolic OH excluding ortho intramolecular Hbond substituents is 1. The zero-order valence-electron chi connectivity index (χ0n) is 13.0. The maximum Gasteiger partial charge on any atom is 0.239 e. The highest BCUT2D eigenvalue weighted by Gasteiger charge is 2.38. The van der Waals surface area contributed by atoms with Gasteiger partial charge in [-0.05, 0) is 48.8 Å². The summed E-state index contributed by atoms with van der Waals surface area (Å²) in [6.07, 6.45) is 3.82. The van der Waals surface area contributed by atoms with Crippen LogP contribution >= 0.6 is 0 Å². The molecule has 0 spiro atoms. The first kappa shape index (κ1) is 15.8. The molecule has 1 fully saturated rings. The number of benzene rings is 1. The van der Waals surface area contributed by atoms with Gasteiger partial charge in [-0.3, -0.25) is 4.79 Å². The van der Waals surface area contributed by atoms with E-state index in [-0.39, 0.29) is 17.1 Å². The third-order valence-corrected chi connectivity index (χ3v) is 4.96. The number of amides is 1. The van der Waals surface area contributed by atoms with Crippen molar-refractivity contribution < 1.29 is 9.90 Å². The normalized spacial score (nSPS) is 18.7. The van der Waals surface area contributed by atoms with Crippen molar-refractivity contribution in [1.82, 2.24) is 4.90 Å². The highest BCUT2D eigenvalue weighted by molar-refractivity contribution is 5.82. The molecule has 0 bridgehead atoms. The maximum absolute atomic E-state index is 12.5. The minimum Gasteiger partial charge on any atom is -0.508 e. The summed E-state index contributed by atoms with van der Waals surface area (Å²) < 4.78 is 0. The van der Waals surface area contributed by atoms with Crippen molar-refractivity contribution >= 4 is 5.91 Å². The second-order valence-corrected chi connectivity index (χ2v) is 6.19. The molecule has 3 N–H and O–H groups in total. The second-order valence-electron chi connectivity index (χ2n) is 6.19. The van der Waals surface area contributed by atoms with Crippen LogP contribution in [0.5, 0.6) is 5.75 Å². The maximum atomic E-state index is 12.5. The van der Waals surface area contributed by atoms with Gasteiger partial charge in [-0.2, -0.15) is 0 Å². The predicted molar refractivity (Wildman–Crippen MR) is 84.0 cm³/mol. The number of nitrogens with two attached hydrogens (primary N) is 1. The first-order valence-corrected chi connectivity index (χ1v) is 7.82. The summed E-state index contributed by atoms with van der Waals surface area (Å²) in [6, 6.07) is 6.38. The van der Waals surface area contributed by atoms with Crippen LogP contribution in [0.15, 0.2) is 24.3 Å². The number of hydrogen-bond donors (Lipinski definition) is 2. The Balaban J connectivity index is 1.95. The van der Waals surface area contributed by atoms with Crippen LogP contribution in [0.2, 0.25) is 0 Å². The molecule has 0 aromatic heterocycles. The fourth-order valence-electron chi connectivity index (χ4n) is 3.16. The van der Waals surface area contributed by atoms with Crippen LogP contribution in [0, 0.1) is 5.41 Å². The Labute approximate surface area is 126 Å². The Morgan fingerprint density at radius 1 is 1.33 bits per heavy atom. The molecule has 1 aromatic rings. The Morgan fingerprint density at radius 3 is 2.48 bits per heavy atom. The number of phenols is 1. The van der Waals surface area contributed by atoms with Crippen LogP contribution in [0.3, 0.4) is 0 Å². The van der Waals surface area contributed by atoms with E-state index in [1.165, 1.54) is 0 Å². The van der Waals surface area contributed by atoms with E-state index in [1.807, 2.05) is 17.0 Å². The van der Waals surface area contributed by atoms with Crippen molar-refractivity contribution in [3.63, 3.8) is 0 Å². The van der Waals surface area contributed by atoms with E-state index < -0.39 is 6.04 Å². The van der Waals surface area contributed by atoms with E-state index >= 15 is 0 Å². The molecule has 4 heteroatoms. The summed E-state index contributed by atoms with van der Waals surface area (Å²) >= 11 is 0. The molecule has 0 radical (unpaired) electrons. The van der Waals surface area contributed by atoms with E-state index in [0.29, 0.717) is 6.42 Å². The molecule has 1 amide bonds. The Bertz CT molecular complexity index is 480. The Kier molecular flexibility index (Phi) is 4.88. The van der Waals surface area contributed by atoms with Gasteiger partial charge in [-0.1, -0.05) is 26.0 Å². The number of likely N-dealkylation sites (tertiary alicyclic amines) is 1. The number of hydrogen-bond acceptors (Lipinski definition) is 3. The molecule has 1 saturated heterocycles. The van der Waals surface area contributed by atoms with E-state index in [9.17, 15) is 9.90 Å². The van der Waals surface area contributed by atoms with Crippen molar-refractivity contribution in [2.45, 2.75) is 45.6 Å². The van der Waals surface area contributed by atoms with Crippen LogP contribution in [0.1, 0.15) is 38.7 Å². The van der Waals surface area contributed by atoms with Crippen LogP contribution in [0.25, 0.3) is 0 Å².